The van der Waals surface area contributed by atoms with Gasteiger partial charge in [-0.25, -0.2) is 14.4 Å². The van der Waals surface area contributed by atoms with E-state index in [0.717, 1.165) is 12.4 Å². The van der Waals surface area contributed by atoms with E-state index >= 15 is 0 Å². The second kappa shape index (κ2) is 3.05. The molecule has 0 fully saturated rings. The molecule has 0 aliphatic heterocycles. The molecule has 0 saturated heterocycles. The van der Waals surface area contributed by atoms with Gasteiger partial charge in [-0.05, 0) is 20.8 Å². The third-order valence-corrected chi connectivity index (χ3v) is 1.11. The van der Waals surface area contributed by atoms with Crippen LogP contribution in [0.3, 0.4) is 0 Å². The molecule has 0 saturated carbocycles. The highest BCUT2D eigenvalue weighted by atomic mass is 19.1. The van der Waals surface area contributed by atoms with Gasteiger partial charge in [0.15, 0.2) is 5.82 Å². The van der Waals surface area contributed by atoms with Gasteiger partial charge >= 0.3 is 0 Å². The van der Waals surface area contributed by atoms with Gasteiger partial charge in [0.25, 0.3) is 0 Å². The van der Waals surface area contributed by atoms with Crippen LogP contribution in [0.15, 0.2) is 12.4 Å². The number of rotatable bonds is 1. The first kappa shape index (κ1) is 8.90. The van der Waals surface area contributed by atoms with E-state index in [1.54, 1.807) is 0 Å². The summed E-state index contributed by atoms with van der Waals surface area (Å²) in [6, 6.07) is 0. The highest BCUT2D eigenvalue weighted by Crippen LogP contribution is 2.08. The molecule has 4 heteroatoms. The molecule has 1 heterocycles. The summed E-state index contributed by atoms with van der Waals surface area (Å²) in [5.74, 6) is 0.0263. The second-order valence-corrected chi connectivity index (χ2v) is 3.60. The molecule has 0 amide bonds. The van der Waals surface area contributed by atoms with E-state index in [1.165, 1.54) is 0 Å². The summed E-state index contributed by atoms with van der Waals surface area (Å²) < 4.78 is 12.4. The van der Waals surface area contributed by atoms with E-state index in [2.05, 4.69) is 15.3 Å². The number of nitrogens with zero attached hydrogens (tertiary/aromatic N) is 2. The van der Waals surface area contributed by atoms with Gasteiger partial charge in [-0.2, -0.15) is 0 Å². The van der Waals surface area contributed by atoms with Crippen LogP contribution < -0.4 is 5.32 Å². The first-order valence-electron chi connectivity index (χ1n) is 3.73. The van der Waals surface area contributed by atoms with Gasteiger partial charge < -0.3 is 5.32 Å². The predicted molar refractivity (Wildman–Crippen MR) is 45.4 cm³/mol. The zero-order valence-electron chi connectivity index (χ0n) is 7.43. The number of hydrogen-bond acceptors (Lipinski definition) is 3. The summed E-state index contributed by atoms with van der Waals surface area (Å²) in [5.41, 5.74) is -0.0994. The predicted octanol–water partition coefficient (Wildman–Crippen LogP) is 1.83. The van der Waals surface area contributed by atoms with Gasteiger partial charge in [-0.15, -0.1) is 0 Å². The van der Waals surface area contributed by atoms with Crippen molar-refractivity contribution in [1.82, 2.24) is 9.97 Å². The van der Waals surface area contributed by atoms with E-state index in [-0.39, 0.29) is 5.54 Å². The third-order valence-electron chi connectivity index (χ3n) is 1.11. The number of halogens is 1. The molecule has 0 aliphatic rings. The van der Waals surface area contributed by atoms with E-state index < -0.39 is 5.82 Å². The molecule has 1 aromatic heterocycles. The molecule has 0 bridgehead atoms. The van der Waals surface area contributed by atoms with E-state index in [1.807, 2.05) is 20.8 Å². The molecular formula is C8H12FN3. The van der Waals surface area contributed by atoms with Crippen molar-refractivity contribution in [2.45, 2.75) is 26.3 Å². The molecule has 3 nitrogen and oxygen atoms in total. The fourth-order valence-electron chi connectivity index (χ4n) is 0.712. The monoisotopic (exact) mass is 169 g/mol. The minimum atomic E-state index is -0.422. The summed E-state index contributed by atoms with van der Waals surface area (Å²) >= 11 is 0. The van der Waals surface area contributed by atoms with Crippen LogP contribution in [0.25, 0.3) is 0 Å². The lowest BCUT2D eigenvalue weighted by atomic mass is 10.1. The molecule has 1 N–H and O–H groups in total. The minimum Gasteiger partial charge on any atom is -0.350 e. The first-order chi connectivity index (χ1) is 5.47. The van der Waals surface area contributed by atoms with Gasteiger partial charge in [0.05, 0.1) is 12.4 Å². The van der Waals surface area contributed by atoms with Crippen molar-refractivity contribution in [3.63, 3.8) is 0 Å². The Balaban J connectivity index is 2.71. The summed E-state index contributed by atoms with van der Waals surface area (Å²) in [7, 11) is 0. The normalized spacial score (nSPS) is 11.3. The Morgan fingerprint density at radius 2 is 1.75 bits per heavy atom. The first-order valence-corrected chi connectivity index (χ1v) is 3.73. The van der Waals surface area contributed by atoms with Crippen LogP contribution >= 0.6 is 0 Å². The molecule has 12 heavy (non-hydrogen) atoms. The molecule has 1 aromatic rings. The molecule has 1 rings (SSSR count). The lowest BCUT2D eigenvalue weighted by Gasteiger charge is -2.19. The Morgan fingerprint density at radius 1 is 1.25 bits per heavy atom. The van der Waals surface area contributed by atoms with Gasteiger partial charge in [0.1, 0.15) is 0 Å². The maximum absolute atomic E-state index is 12.4. The minimum absolute atomic E-state index is 0.0994. The lowest BCUT2D eigenvalue weighted by Crippen LogP contribution is -2.27. The highest BCUT2D eigenvalue weighted by Gasteiger charge is 2.10. The molecule has 0 atom stereocenters. The topological polar surface area (TPSA) is 37.8 Å². The van der Waals surface area contributed by atoms with Crippen LogP contribution in [0, 0.1) is 5.82 Å². The zero-order chi connectivity index (χ0) is 9.19. The largest absolute Gasteiger partial charge is 0.350 e. The SMILES string of the molecule is CC(C)(C)Nc1ncc(F)cn1. The number of nitrogens with one attached hydrogen (secondary N) is 1. The van der Waals surface area contributed by atoms with Crippen LogP contribution in [0.2, 0.25) is 0 Å². The standard InChI is InChI=1S/C8H12FN3/c1-8(2,3)12-7-10-4-6(9)5-11-7/h4-5H,1-3H3,(H,10,11,12). The van der Waals surface area contributed by atoms with Crippen LogP contribution in [0.1, 0.15) is 20.8 Å². The Bertz CT molecular complexity index is 250. The molecule has 0 spiro atoms. The van der Waals surface area contributed by atoms with Crippen molar-refractivity contribution >= 4 is 5.95 Å². The Hall–Kier alpha value is -1.19. The summed E-state index contributed by atoms with van der Waals surface area (Å²) in [5, 5.41) is 3.02. The maximum atomic E-state index is 12.4. The average molecular weight is 169 g/mol. The molecule has 66 valence electrons. The van der Waals surface area contributed by atoms with Crippen molar-refractivity contribution in [3.05, 3.63) is 18.2 Å². The van der Waals surface area contributed by atoms with Crippen molar-refractivity contribution in [2.75, 3.05) is 5.32 Å². The van der Waals surface area contributed by atoms with Gasteiger partial charge in [0, 0.05) is 5.54 Å². The van der Waals surface area contributed by atoms with E-state index in [9.17, 15) is 4.39 Å². The number of aromatic nitrogens is 2. The van der Waals surface area contributed by atoms with Crippen molar-refractivity contribution in [2.24, 2.45) is 0 Å². The Labute approximate surface area is 71.0 Å². The fourth-order valence-corrected chi connectivity index (χ4v) is 0.712. The molecule has 0 aliphatic carbocycles. The molecule has 0 radical (unpaired) electrons. The average Bonchev–Trinajstić information content (AvgIpc) is 1.91. The maximum Gasteiger partial charge on any atom is 0.223 e. The molecular weight excluding hydrogens is 157 g/mol. The number of anilines is 1. The van der Waals surface area contributed by atoms with Gasteiger partial charge in [0.2, 0.25) is 5.95 Å². The van der Waals surface area contributed by atoms with E-state index in [0.29, 0.717) is 5.95 Å². The smallest absolute Gasteiger partial charge is 0.223 e. The Morgan fingerprint density at radius 3 is 2.17 bits per heavy atom. The van der Waals surface area contributed by atoms with Crippen molar-refractivity contribution < 1.29 is 4.39 Å². The van der Waals surface area contributed by atoms with Crippen LogP contribution in [0.5, 0.6) is 0 Å². The third kappa shape index (κ3) is 2.82. The number of hydrogen-bond donors (Lipinski definition) is 1. The van der Waals surface area contributed by atoms with Crippen LogP contribution in [0.4, 0.5) is 10.3 Å². The fraction of sp³-hybridized carbons (Fsp3) is 0.500. The Kier molecular flexibility index (Phi) is 2.26. The van der Waals surface area contributed by atoms with E-state index in [4.69, 9.17) is 0 Å². The van der Waals surface area contributed by atoms with Crippen molar-refractivity contribution in [3.8, 4) is 0 Å². The summed E-state index contributed by atoms with van der Waals surface area (Å²) in [4.78, 5) is 7.53. The zero-order valence-corrected chi connectivity index (χ0v) is 7.43. The van der Waals surface area contributed by atoms with Crippen LogP contribution in [-0.4, -0.2) is 15.5 Å². The highest BCUT2D eigenvalue weighted by molar-refractivity contribution is 5.26. The quantitative estimate of drug-likeness (QED) is 0.696. The summed E-state index contributed by atoms with van der Waals surface area (Å²) in [6.45, 7) is 5.96. The van der Waals surface area contributed by atoms with Gasteiger partial charge in [-0.3, -0.25) is 0 Å². The van der Waals surface area contributed by atoms with Crippen LogP contribution in [-0.2, 0) is 0 Å². The molecule has 0 aromatic carbocycles. The van der Waals surface area contributed by atoms with Crippen molar-refractivity contribution in [1.29, 1.82) is 0 Å². The van der Waals surface area contributed by atoms with Gasteiger partial charge in [-0.1, -0.05) is 0 Å². The lowest BCUT2D eigenvalue weighted by molar-refractivity contribution is 0.602. The second-order valence-electron chi connectivity index (χ2n) is 3.60. The summed E-state index contributed by atoms with van der Waals surface area (Å²) in [6.07, 6.45) is 2.28. The molecule has 0 unspecified atom stereocenters.